The van der Waals surface area contributed by atoms with Gasteiger partial charge in [-0.05, 0) is 30.5 Å². The molecule has 0 aliphatic carbocycles. The molecule has 1 amide bonds. The van der Waals surface area contributed by atoms with Crippen molar-refractivity contribution in [2.45, 2.75) is 20.4 Å². The minimum absolute atomic E-state index is 0.571. The Bertz CT molecular complexity index is 261. The van der Waals surface area contributed by atoms with E-state index in [0.717, 1.165) is 0 Å². The van der Waals surface area contributed by atoms with Gasteiger partial charge in [0.25, 0.3) is 0 Å². The number of aryl methyl sites for hydroxylation is 2. The van der Waals surface area contributed by atoms with Gasteiger partial charge in [-0.3, -0.25) is 4.79 Å². The lowest BCUT2D eigenvalue weighted by Gasteiger charge is -2.07. The molecule has 1 aromatic rings. The second kappa shape index (κ2) is 3.90. The fraction of sp³-hybridized carbons (Fsp3) is 0.300. The van der Waals surface area contributed by atoms with Crippen LogP contribution in [0.5, 0.6) is 0 Å². The van der Waals surface area contributed by atoms with Crippen molar-refractivity contribution in [1.29, 1.82) is 0 Å². The Kier molecular flexibility index (Phi) is 2.86. The molecule has 0 aliphatic rings. The molecular weight excluding hydrogens is 150 g/mol. The van der Waals surface area contributed by atoms with Gasteiger partial charge >= 0.3 is 6.41 Å². The molecule has 0 atom stereocenters. The Morgan fingerprint density at radius 1 is 1.33 bits per heavy atom. The molecule has 0 aliphatic heterocycles. The minimum atomic E-state index is 0.571. The summed E-state index contributed by atoms with van der Waals surface area (Å²) < 4.78 is 0. The van der Waals surface area contributed by atoms with E-state index in [9.17, 15) is 4.79 Å². The molecule has 0 spiro atoms. The molecule has 0 saturated heterocycles. The van der Waals surface area contributed by atoms with Gasteiger partial charge in [-0.1, -0.05) is 18.2 Å². The highest BCUT2D eigenvalue weighted by Gasteiger charge is 1.99. The first-order valence-corrected chi connectivity index (χ1v) is 3.91. The zero-order chi connectivity index (χ0) is 8.97. The Morgan fingerprint density at radius 2 is 1.92 bits per heavy atom. The van der Waals surface area contributed by atoms with Crippen molar-refractivity contribution in [2.24, 2.45) is 0 Å². The van der Waals surface area contributed by atoms with E-state index in [-0.39, 0.29) is 0 Å². The zero-order valence-electron chi connectivity index (χ0n) is 7.35. The number of amides is 1. The lowest BCUT2D eigenvalue weighted by molar-refractivity contribution is 0.541. The van der Waals surface area contributed by atoms with Crippen LogP contribution in [-0.4, -0.2) is 6.41 Å². The Morgan fingerprint density at radius 3 is 2.42 bits per heavy atom. The quantitative estimate of drug-likeness (QED) is 0.670. The molecule has 1 rings (SSSR count). The fourth-order valence-electron chi connectivity index (χ4n) is 1.25. The van der Waals surface area contributed by atoms with E-state index in [0.29, 0.717) is 6.54 Å². The summed E-state index contributed by atoms with van der Waals surface area (Å²) in [6.45, 7) is 4.64. The van der Waals surface area contributed by atoms with Crippen molar-refractivity contribution in [1.82, 2.24) is 5.32 Å². The number of benzene rings is 1. The monoisotopic (exact) mass is 162 g/mol. The van der Waals surface area contributed by atoms with Crippen LogP contribution >= 0.6 is 0 Å². The molecule has 0 fully saturated rings. The number of hydrogen-bond acceptors (Lipinski definition) is 1. The molecule has 0 saturated carbocycles. The maximum atomic E-state index is 9.96. The summed E-state index contributed by atoms with van der Waals surface area (Å²) >= 11 is 0. The highest BCUT2D eigenvalue weighted by molar-refractivity contribution is 5.48. The molecule has 1 N–H and O–H groups in total. The maximum Gasteiger partial charge on any atom is 0.309 e. The van der Waals surface area contributed by atoms with Crippen molar-refractivity contribution in [3.63, 3.8) is 0 Å². The minimum Gasteiger partial charge on any atom is -0.344 e. The van der Waals surface area contributed by atoms with E-state index in [1.165, 1.54) is 16.7 Å². The summed E-state index contributed by atoms with van der Waals surface area (Å²) in [4.78, 5) is 9.96. The normalized spacial score (nSPS) is 9.50. The molecule has 12 heavy (non-hydrogen) atoms. The van der Waals surface area contributed by atoms with Gasteiger partial charge < -0.3 is 5.32 Å². The second-order valence-electron chi connectivity index (χ2n) is 2.83. The van der Waals surface area contributed by atoms with Gasteiger partial charge in [0.1, 0.15) is 0 Å². The Labute approximate surface area is 72.6 Å². The van der Waals surface area contributed by atoms with Crippen molar-refractivity contribution < 1.29 is 4.79 Å². The van der Waals surface area contributed by atoms with Gasteiger partial charge in [-0.15, -0.1) is 0 Å². The van der Waals surface area contributed by atoms with Crippen molar-refractivity contribution in [3.05, 3.63) is 34.9 Å². The molecule has 0 unspecified atom stereocenters. The summed E-state index contributed by atoms with van der Waals surface area (Å²) in [5, 5.41) is 2.54. The summed E-state index contributed by atoms with van der Waals surface area (Å²) in [6.07, 6.45) is 1.67. The van der Waals surface area contributed by atoms with Crippen LogP contribution in [0.25, 0.3) is 0 Å². The standard InChI is InChI=1S/C10H12NO/c1-8-4-3-5-9(2)10(8)6-11-7-12/h3-5H,6H2,1-2H3,(H,11,12). The van der Waals surface area contributed by atoms with E-state index < -0.39 is 0 Å². The summed E-state index contributed by atoms with van der Waals surface area (Å²) in [5.41, 5.74) is 3.59. The van der Waals surface area contributed by atoms with Gasteiger partial charge in [0.05, 0.1) is 0 Å². The van der Waals surface area contributed by atoms with Crippen LogP contribution in [0, 0.1) is 13.8 Å². The summed E-state index contributed by atoms with van der Waals surface area (Å²) in [6, 6.07) is 6.09. The molecule has 0 aromatic heterocycles. The second-order valence-corrected chi connectivity index (χ2v) is 2.83. The number of rotatable bonds is 3. The molecule has 2 nitrogen and oxygen atoms in total. The van der Waals surface area contributed by atoms with Crippen LogP contribution < -0.4 is 5.32 Å². The Balaban J connectivity index is 2.88. The zero-order valence-corrected chi connectivity index (χ0v) is 7.35. The molecule has 0 heterocycles. The Hall–Kier alpha value is -1.31. The van der Waals surface area contributed by atoms with Gasteiger partial charge in [-0.2, -0.15) is 0 Å². The van der Waals surface area contributed by atoms with Crippen LogP contribution in [0.4, 0.5) is 0 Å². The van der Waals surface area contributed by atoms with Crippen LogP contribution in [0.1, 0.15) is 16.7 Å². The first-order valence-electron chi connectivity index (χ1n) is 3.91. The highest BCUT2D eigenvalue weighted by atomic mass is 16.1. The maximum absolute atomic E-state index is 9.96. The van der Waals surface area contributed by atoms with Crippen molar-refractivity contribution >= 4 is 6.41 Å². The fourth-order valence-corrected chi connectivity index (χ4v) is 1.25. The molecule has 1 aromatic carbocycles. The molecule has 63 valence electrons. The smallest absolute Gasteiger partial charge is 0.309 e. The first kappa shape index (κ1) is 8.78. The average Bonchev–Trinajstić information content (AvgIpc) is 2.04. The lowest BCUT2D eigenvalue weighted by atomic mass is 10.0. The van der Waals surface area contributed by atoms with E-state index in [1.54, 1.807) is 6.41 Å². The van der Waals surface area contributed by atoms with Gasteiger partial charge in [0, 0.05) is 6.54 Å². The number of hydrogen-bond donors (Lipinski definition) is 1. The van der Waals surface area contributed by atoms with Crippen molar-refractivity contribution in [3.8, 4) is 0 Å². The number of carbonyl (C=O) groups excluding carboxylic acids is 1. The van der Waals surface area contributed by atoms with Crippen LogP contribution in [0.3, 0.4) is 0 Å². The average molecular weight is 162 g/mol. The van der Waals surface area contributed by atoms with E-state index in [1.807, 2.05) is 32.0 Å². The third kappa shape index (κ3) is 1.84. The predicted molar refractivity (Wildman–Crippen MR) is 48.4 cm³/mol. The van der Waals surface area contributed by atoms with Crippen LogP contribution in [0.15, 0.2) is 18.2 Å². The SMILES string of the molecule is Cc1cccc(C)c1CN[C]=O. The summed E-state index contributed by atoms with van der Waals surface area (Å²) in [7, 11) is 0. The van der Waals surface area contributed by atoms with Crippen molar-refractivity contribution in [2.75, 3.05) is 0 Å². The molecule has 1 radical (unpaired) electrons. The van der Waals surface area contributed by atoms with Crippen LogP contribution in [0.2, 0.25) is 0 Å². The largest absolute Gasteiger partial charge is 0.344 e. The first-order chi connectivity index (χ1) is 5.75. The predicted octanol–water partition coefficient (Wildman–Crippen LogP) is 1.46. The molecule has 2 heteroatoms. The van der Waals surface area contributed by atoms with E-state index in [4.69, 9.17) is 0 Å². The van der Waals surface area contributed by atoms with Crippen LogP contribution in [-0.2, 0) is 11.3 Å². The third-order valence-electron chi connectivity index (χ3n) is 1.98. The third-order valence-corrected chi connectivity index (χ3v) is 1.98. The molecule has 0 bridgehead atoms. The van der Waals surface area contributed by atoms with Gasteiger partial charge in [-0.25, -0.2) is 0 Å². The molecular formula is C10H12NO. The van der Waals surface area contributed by atoms with E-state index in [2.05, 4.69) is 5.32 Å². The number of nitrogens with one attached hydrogen (secondary N) is 1. The lowest BCUT2D eigenvalue weighted by Crippen LogP contribution is -2.11. The highest BCUT2D eigenvalue weighted by Crippen LogP contribution is 2.12. The van der Waals surface area contributed by atoms with Gasteiger partial charge in [0.2, 0.25) is 0 Å². The topological polar surface area (TPSA) is 29.1 Å². The summed E-state index contributed by atoms with van der Waals surface area (Å²) in [5.74, 6) is 0. The van der Waals surface area contributed by atoms with Gasteiger partial charge in [0.15, 0.2) is 0 Å². The van der Waals surface area contributed by atoms with E-state index >= 15 is 0 Å².